The highest BCUT2D eigenvalue weighted by Gasteiger charge is 2.06. The van der Waals surface area contributed by atoms with Gasteiger partial charge in [-0.15, -0.1) is 0 Å². The maximum atomic E-state index is 8.83. The Labute approximate surface area is 104 Å². The van der Waals surface area contributed by atoms with Gasteiger partial charge in [0.15, 0.2) is 0 Å². The SMILES string of the molecule is Cc1cc(CC(C)C#N)cc(CC(C)C#N)c1. The second-order valence-corrected chi connectivity index (χ2v) is 4.80. The molecule has 2 heteroatoms. The Balaban J connectivity index is 2.88. The molecule has 0 aliphatic rings. The van der Waals surface area contributed by atoms with Crippen LogP contribution in [0.3, 0.4) is 0 Å². The normalized spacial score (nSPS) is 13.5. The lowest BCUT2D eigenvalue weighted by molar-refractivity contribution is 0.723. The maximum absolute atomic E-state index is 8.83. The predicted octanol–water partition coefficient (Wildman–Crippen LogP) is 3.40. The van der Waals surface area contributed by atoms with E-state index in [1.165, 1.54) is 16.7 Å². The summed E-state index contributed by atoms with van der Waals surface area (Å²) in [5.41, 5.74) is 3.59. The molecule has 1 rings (SSSR count). The van der Waals surface area contributed by atoms with E-state index in [2.05, 4.69) is 37.3 Å². The van der Waals surface area contributed by atoms with E-state index >= 15 is 0 Å². The van der Waals surface area contributed by atoms with Crippen LogP contribution in [0.25, 0.3) is 0 Å². The van der Waals surface area contributed by atoms with E-state index in [9.17, 15) is 0 Å². The molecule has 0 N–H and O–H groups in total. The van der Waals surface area contributed by atoms with Crippen LogP contribution in [0.4, 0.5) is 0 Å². The molecule has 0 saturated heterocycles. The van der Waals surface area contributed by atoms with Crippen LogP contribution in [-0.4, -0.2) is 0 Å². The van der Waals surface area contributed by atoms with Crippen molar-refractivity contribution in [3.8, 4) is 12.1 Å². The van der Waals surface area contributed by atoms with Gasteiger partial charge in [0.1, 0.15) is 0 Å². The van der Waals surface area contributed by atoms with Crippen LogP contribution >= 0.6 is 0 Å². The second kappa shape index (κ2) is 6.06. The predicted molar refractivity (Wildman–Crippen MR) is 68.1 cm³/mol. The van der Waals surface area contributed by atoms with Gasteiger partial charge in [-0.1, -0.05) is 23.8 Å². The molecule has 17 heavy (non-hydrogen) atoms. The van der Waals surface area contributed by atoms with Gasteiger partial charge in [-0.25, -0.2) is 0 Å². The summed E-state index contributed by atoms with van der Waals surface area (Å²) in [6.07, 6.45) is 1.57. The van der Waals surface area contributed by atoms with Gasteiger partial charge in [-0.2, -0.15) is 10.5 Å². The minimum absolute atomic E-state index is 0.0399. The zero-order chi connectivity index (χ0) is 12.8. The number of nitrogens with zero attached hydrogens (tertiary/aromatic N) is 2. The highest BCUT2D eigenvalue weighted by Crippen LogP contribution is 2.16. The molecule has 2 atom stereocenters. The number of hydrogen-bond acceptors (Lipinski definition) is 2. The molecule has 0 aromatic heterocycles. The van der Waals surface area contributed by atoms with Gasteiger partial charge in [0.2, 0.25) is 0 Å². The molecule has 0 amide bonds. The van der Waals surface area contributed by atoms with Gasteiger partial charge in [0.05, 0.1) is 12.1 Å². The molecule has 1 aromatic rings. The average Bonchev–Trinajstić information content (AvgIpc) is 2.27. The third-order valence-electron chi connectivity index (χ3n) is 2.72. The van der Waals surface area contributed by atoms with Crippen molar-refractivity contribution in [2.24, 2.45) is 11.8 Å². The molecule has 2 unspecified atom stereocenters. The smallest absolute Gasteiger partial charge is 0.0656 e. The number of rotatable bonds is 4. The number of nitriles is 2. The first-order valence-electron chi connectivity index (χ1n) is 5.93. The zero-order valence-corrected chi connectivity index (χ0v) is 10.7. The molecule has 0 radical (unpaired) electrons. The van der Waals surface area contributed by atoms with Crippen molar-refractivity contribution >= 4 is 0 Å². The van der Waals surface area contributed by atoms with Gasteiger partial charge in [0, 0.05) is 11.8 Å². The van der Waals surface area contributed by atoms with Crippen molar-refractivity contribution in [3.63, 3.8) is 0 Å². The molecular weight excluding hydrogens is 208 g/mol. The fourth-order valence-electron chi connectivity index (χ4n) is 1.98. The van der Waals surface area contributed by atoms with Crippen molar-refractivity contribution in [1.29, 1.82) is 10.5 Å². The van der Waals surface area contributed by atoms with Gasteiger partial charge >= 0.3 is 0 Å². The summed E-state index contributed by atoms with van der Waals surface area (Å²) in [6.45, 7) is 5.92. The lowest BCUT2D eigenvalue weighted by Crippen LogP contribution is -2.01. The van der Waals surface area contributed by atoms with E-state index in [0.29, 0.717) is 0 Å². The minimum Gasteiger partial charge on any atom is -0.198 e. The van der Waals surface area contributed by atoms with E-state index in [4.69, 9.17) is 10.5 Å². The van der Waals surface area contributed by atoms with Crippen molar-refractivity contribution in [1.82, 2.24) is 0 Å². The largest absolute Gasteiger partial charge is 0.198 e. The van der Waals surface area contributed by atoms with Crippen LogP contribution in [-0.2, 0) is 12.8 Å². The summed E-state index contributed by atoms with van der Waals surface area (Å²) in [7, 11) is 0. The molecule has 0 heterocycles. The lowest BCUT2D eigenvalue weighted by Gasteiger charge is -2.09. The summed E-state index contributed by atoms with van der Waals surface area (Å²) < 4.78 is 0. The Morgan fingerprint density at radius 3 is 1.71 bits per heavy atom. The highest BCUT2D eigenvalue weighted by atomic mass is 14.3. The summed E-state index contributed by atoms with van der Waals surface area (Å²) in [5.74, 6) is 0.0797. The number of benzene rings is 1. The van der Waals surface area contributed by atoms with Crippen LogP contribution in [0.15, 0.2) is 18.2 Å². The first kappa shape index (κ1) is 13.3. The Hall–Kier alpha value is -1.80. The molecule has 88 valence electrons. The van der Waals surface area contributed by atoms with Crippen molar-refractivity contribution in [2.75, 3.05) is 0 Å². The van der Waals surface area contributed by atoms with Gasteiger partial charge in [-0.05, 0) is 44.7 Å². The lowest BCUT2D eigenvalue weighted by atomic mass is 9.95. The Kier molecular flexibility index (Phi) is 4.73. The molecule has 2 nitrogen and oxygen atoms in total. The number of hydrogen-bond donors (Lipinski definition) is 0. The fraction of sp³-hybridized carbons (Fsp3) is 0.467. The summed E-state index contributed by atoms with van der Waals surface area (Å²) in [6, 6.07) is 10.9. The molecule has 0 saturated carbocycles. The quantitative estimate of drug-likeness (QED) is 0.790. The van der Waals surface area contributed by atoms with E-state index in [0.717, 1.165) is 12.8 Å². The van der Waals surface area contributed by atoms with E-state index in [1.54, 1.807) is 0 Å². The zero-order valence-electron chi connectivity index (χ0n) is 10.7. The summed E-state index contributed by atoms with van der Waals surface area (Å²) in [4.78, 5) is 0. The monoisotopic (exact) mass is 226 g/mol. The second-order valence-electron chi connectivity index (χ2n) is 4.80. The number of aryl methyl sites for hydroxylation is 1. The standard InChI is InChI=1S/C15H18N2/c1-11-4-14(6-12(2)9-16)8-15(5-11)7-13(3)10-17/h4-5,8,12-13H,6-7H2,1-3H3. The Morgan fingerprint density at radius 1 is 0.941 bits per heavy atom. The van der Waals surface area contributed by atoms with Gasteiger partial charge in [-0.3, -0.25) is 0 Å². The van der Waals surface area contributed by atoms with Crippen molar-refractivity contribution < 1.29 is 0 Å². The minimum atomic E-state index is 0.0399. The molecule has 0 aliphatic heterocycles. The van der Waals surface area contributed by atoms with E-state index < -0.39 is 0 Å². The molecular formula is C15H18N2. The van der Waals surface area contributed by atoms with Gasteiger partial charge in [0.25, 0.3) is 0 Å². The fourth-order valence-corrected chi connectivity index (χ4v) is 1.98. The third-order valence-corrected chi connectivity index (χ3v) is 2.72. The maximum Gasteiger partial charge on any atom is 0.0656 e. The summed E-state index contributed by atoms with van der Waals surface area (Å²) >= 11 is 0. The van der Waals surface area contributed by atoms with Crippen LogP contribution in [0.2, 0.25) is 0 Å². The van der Waals surface area contributed by atoms with Crippen LogP contribution < -0.4 is 0 Å². The van der Waals surface area contributed by atoms with Crippen molar-refractivity contribution in [3.05, 3.63) is 34.9 Å². The molecule has 0 fully saturated rings. The van der Waals surface area contributed by atoms with E-state index in [-0.39, 0.29) is 11.8 Å². The first-order valence-corrected chi connectivity index (χ1v) is 5.93. The topological polar surface area (TPSA) is 47.6 Å². The highest BCUT2D eigenvalue weighted by molar-refractivity contribution is 5.30. The van der Waals surface area contributed by atoms with Gasteiger partial charge < -0.3 is 0 Å². The van der Waals surface area contributed by atoms with Crippen molar-refractivity contribution in [2.45, 2.75) is 33.6 Å². The van der Waals surface area contributed by atoms with Crippen LogP contribution in [0.1, 0.15) is 30.5 Å². The van der Waals surface area contributed by atoms with Crippen LogP contribution in [0, 0.1) is 41.4 Å². The molecule has 0 bridgehead atoms. The summed E-state index contributed by atoms with van der Waals surface area (Å²) in [5, 5.41) is 17.7. The molecule has 0 spiro atoms. The first-order chi connectivity index (χ1) is 8.05. The molecule has 0 aliphatic carbocycles. The van der Waals surface area contributed by atoms with E-state index in [1.807, 2.05) is 13.8 Å². The van der Waals surface area contributed by atoms with Crippen LogP contribution in [0.5, 0.6) is 0 Å². The third kappa shape index (κ3) is 4.29. The Bertz CT molecular complexity index is 423. The Morgan fingerprint density at radius 2 is 1.35 bits per heavy atom. The average molecular weight is 226 g/mol. The molecule has 1 aromatic carbocycles.